The molecule has 4 heteroatoms. The molecular formula is C18H33N3O. The number of hydrogen-bond acceptors (Lipinski definition) is 2. The van der Waals surface area contributed by atoms with Crippen molar-refractivity contribution in [2.24, 2.45) is 0 Å². The van der Waals surface area contributed by atoms with Crippen LogP contribution in [0.5, 0.6) is 0 Å². The number of likely N-dealkylation sites (tertiary alicyclic amines) is 1. The van der Waals surface area contributed by atoms with E-state index >= 15 is 0 Å². The van der Waals surface area contributed by atoms with E-state index < -0.39 is 0 Å². The van der Waals surface area contributed by atoms with E-state index in [4.69, 9.17) is 0 Å². The van der Waals surface area contributed by atoms with E-state index in [1.807, 2.05) is 11.0 Å². The summed E-state index contributed by atoms with van der Waals surface area (Å²) in [5, 5.41) is 6.92. The molecule has 1 saturated carbocycles. The Balaban J connectivity index is 1.65. The minimum absolute atomic E-state index is 0.157. The summed E-state index contributed by atoms with van der Waals surface area (Å²) in [7, 11) is 0. The number of allylic oxidation sites excluding steroid dienone is 1. The minimum Gasteiger partial charge on any atom is -0.335 e. The van der Waals surface area contributed by atoms with Crippen molar-refractivity contribution in [3.8, 4) is 0 Å². The fourth-order valence-electron chi connectivity index (χ4n) is 3.62. The lowest BCUT2D eigenvalue weighted by molar-refractivity contribution is 0.168. The maximum Gasteiger partial charge on any atom is 0.317 e. The topological polar surface area (TPSA) is 44.4 Å². The van der Waals surface area contributed by atoms with Gasteiger partial charge in [-0.1, -0.05) is 25.3 Å². The highest BCUT2D eigenvalue weighted by Crippen LogP contribution is 2.18. The van der Waals surface area contributed by atoms with Gasteiger partial charge in [0.05, 0.1) is 0 Å². The molecule has 0 bridgehead atoms. The molecule has 1 saturated heterocycles. The van der Waals surface area contributed by atoms with Crippen molar-refractivity contribution in [3.63, 3.8) is 0 Å². The maximum absolute atomic E-state index is 12.3. The van der Waals surface area contributed by atoms with E-state index in [9.17, 15) is 4.79 Å². The summed E-state index contributed by atoms with van der Waals surface area (Å²) in [4.78, 5) is 14.3. The fraction of sp³-hybridized carbons (Fsp3) is 0.833. The van der Waals surface area contributed by atoms with Crippen LogP contribution in [0.25, 0.3) is 0 Å². The Morgan fingerprint density at radius 3 is 2.50 bits per heavy atom. The Morgan fingerprint density at radius 2 is 1.86 bits per heavy atom. The molecule has 2 rings (SSSR count). The third-order valence-corrected chi connectivity index (χ3v) is 5.04. The zero-order valence-corrected chi connectivity index (χ0v) is 14.2. The average Bonchev–Trinajstić information content (AvgIpc) is 2.54. The first-order valence-corrected chi connectivity index (χ1v) is 9.11. The monoisotopic (exact) mass is 307 g/mol. The Kier molecular flexibility index (Phi) is 7.23. The van der Waals surface area contributed by atoms with Crippen LogP contribution in [0.1, 0.15) is 64.7 Å². The molecule has 126 valence electrons. The first kappa shape index (κ1) is 17.3. The average molecular weight is 307 g/mol. The van der Waals surface area contributed by atoms with Crippen molar-refractivity contribution < 1.29 is 4.79 Å². The predicted octanol–water partition coefficient (Wildman–Crippen LogP) is 3.44. The van der Waals surface area contributed by atoms with Crippen molar-refractivity contribution in [1.29, 1.82) is 0 Å². The third kappa shape index (κ3) is 5.64. The molecule has 0 aromatic carbocycles. The lowest BCUT2D eigenvalue weighted by atomic mass is 9.95. The van der Waals surface area contributed by atoms with Gasteiger partial charge in [0.15, 0.2) is 0 Å². The van der Waals surface area contributed by atoms with Crippen LogP contribution < -0.4 is 10.6 Å². The molecule has 2 N–H and O–H groups in total. The Morgan fingerprint density at radius 1 is 1.18 bits per heavy atom. The Hall–Kier alpha value is -1.03. The molecule has 1 atom stereocenters. The summed E-state index contributed by atoms with van der Waals surface area (Å²) in [5.74, 6) is 0. The van der Waals surface area contributed by atoms with Crippen molar-refractivity contribution in [1.82, 2.24) is 15.5 Å². The molecule has 0 spiro atoms. The molecular weight excluding hydrogens is 274 g/mol. The molecule has 2 amide bonds. The number of hydrogen-bond donors (Lipinski definition) is 2. The molecule has 1 heterocycles. The van der Waals surface area contributed by atoms with Gasteiger partial charge in [-0.15, -0.1) is 6.58 Å². The molecule has 0 aromatic heterocycles. The van der Waals surface area contributed by atoms with Gasteiger partial charge in [0.1, 0.15) is 0 Å². The molecule has 1 aliphatic carbocycles. The second-order valence-electron chi connectivity index (χ2n) is 6.98. The number of carbonyl (C=O) groups excluding carboxylic acids is 1. The first-order chi connectivity index (χ1) is 10.7. The number of nitrogens with one attached hydrogen (secondary N) is 2. The highest BCUT2D eigenvalue weighted by Gasteiger charge is 2.25. The molecule has 0 aromatic rings. The SMILES string of the molecule is C=CCC[C@@H](C)NC1CCN(C(=O)NC2CCCCC2)CC1. The second-order valence-corrected chi connectivity index (χ2v) is 6.98. The van der Waals surface area contributed by atoms with E-state index in [1.165, 1.54) is 19.3 Å². The summed E-state index contributed by atoms with van der Waals surface area (Å²) < 4.78 is 0. The van der Waals surface area contributed by atoms with E-state index in [0.717, 1.165) is 51.6 Å². The summed E-state index contributed by atoms with van der Waals surface area (Å²) in [5.41, 5.74) is 0. The van der Waals surface area contributed by atoms with Gasteiger partial charge in [0.2, 0.25) is 0 Å². The van der Waals surface area contributed by atoms with Gasteiger partial charge in [-0.05, 0) is 45.4 Å². The standard InChI is InChI=1S/C18H33N3O/c1-3-4-8-15(2)19-17-11-13-21(14-12-17)18(22)20-16-9-6-5-7-10-16/h3,15-17,19H,1,4-14H2,2H3,(H,20,22)/t15-/m1/s1. The van der Waals surface area contributed by atoms with Gasteiger partial charge in [0.25, 0.3) is 0 Å². The van der Waals surface area contributed by atoms with Crippen molar-refractivity contribution in [2.45, 2.75) is 82.8 Å². The highest BCUT2D eigenvalue weighted by atomic mass is 16.2. The van der Waals surface area contributed by atoms with Gasteiger partial charge in [-0.3, -0.25) is 0 Å². The van der Waals surface area contributed by atoms with Crippen LogP contribution in [0.3, 0.4) is 0 Å². The van der Waals surface area contributed by atoms with E-state index in [0.29, 0.717) is 18.1 Å². The predicted molar refractivity (Wildman–Crippen MR) is 92.0 cm³/mol. The van der Waals surface area contributed by atoms with Crippen LogP contribution in [0, 0.1) is 0 Å². The number of amides is 2. The fourth-order valence-corrected chi connectivity index (χ4v) is 3.62. The van der Waals surface area contributed by atoms with Crippen LogP contribution in [0.15, 0.2) is 12.7 Å². The Bertz CT molecular complexity index is 344. The van der Waals surface area contributed by atoms with Crippen molar-refractivity contribution >= 4 is 6.03 Å². The van der Waals surface area contributed by atoms with Crippen LogP contribution >= 0.6 is 0 Å². The van der Waals surface area contributed by atoms with Crippen LogP contribution in [0.2, 0.25) is 0 Å². The largest absolute Gasteiger partial charge is 0.335 e. The third-order valence-electron chi connectivity index (χ3n) is 5.04. The number of rotatable bonds is 6. The zero-order chi connectivity index (χ0) is 15.8. The molecule has 0 radical (unpaired) electrons. The van der Waals surface area contributed by atoms with Gasteiger partial charge in [-0.25, -0.2) is 4.79 Å². The summed E-state index contributed by atoms with van der Waals surface area (Å²) in [6, 6.07) is 1.66. The molecule has 2 aliphatic rings. The van der Waals surface area contributed by atoms with Crippen LogP contribution in [-0.4, -0.2) is 42.1 Å². The van der Waals surface area contributed by atoms with Gasteiger partial charge in [0, 0.05) is 31.2 Å². The summed E-state index contributed by atoms with van der Waals surface area (Å²) >= 11 is 0. The zero-order valence-electron chi connectivity index (χ0n) is 14.2. The smallest absolute Gasteiger partial charge is 0.317 e. The maximum atomic E-state index is 12.3. The van der Waals surface area contributed by atoms with Crippen molar-refractivity contribution in [2.75, 3.05) is 13.1 Å². The molecule has 1 aliphatic heterocycles. The Labute approximate surface area is 135 Å². The van der Waals surface area contributed by atoms with Crippen LogP contribution in [-0.2, 0) is 0 Å². The van der Waals surface area contributed by atoms with E-state index in [2.05, 4.69) is 24.1 Å². The number of piperidine rings is 1. The summed E-state index contributed by atoms with van der Waals surface area (Å²) in [6.07, 6.45) is 12.5. The first-order valence-electron chi connectivity index (χ1n) is 9.11. The molecule has 0 unspecified atom stereocenters. The number of carbonyl (C=O) groups is 1. The second kappa shape index (κ2) is 9.19. The van der Waals surface area contributed by atoms with Gasteiger partial charge in [-0.2, -0.15) is 0 Å². The molecule has 2 fully saturated rings. The molecule has 4 nitrogen and oxygen atoms in total. The molecule has 22 heavy (non-hydrogen) atoms. The lowest BCUT2D eigenvalue weighted by Gasteiger charge is -2.35. The quantitative estimate of drug-likeness (QED) is 0.738. The highest BCUT2D eigenvalue weighted by molar-refractivity contribution is 5.74. The number of urea groups is 1. The lowest BCUT2D eigenvalue weighted by Crippen LogP contribution is -2.51. The van der Waals surface area contributed by atoms with E-state index in [-0.39, 0.29) is 6.03 Å². The summed E-state index contributed by atoms with van der Waals surface area (Å²) in [6.45, 7) is 7.78. The van der Waals surface area contributed by atoms with Gasteiger partial charge < -0.3 is 15.5 Å². The number of nitrogens with zero attached hydrogens (tertiary/aromatic N) is 1. The van der Waals surface area contributed by atoms with Crippen LogP contribution in [0.4, 0.5) is 4.79 Å². The van der Waals surface area contributed by atoms with E-state index in [1.54, 1.807) is 0 Å². The van der Waals surface area contributed by atoms with Crippen molar-refractivity contribution in [3.05, 3.63) is 12.7 Å². The van der Waals surface area contributed by atoms with Gasteiger partial charge >= 0.3 is 6.03 Å². The normalized spacial score (nSPS) is 22.3. The minimum atomic E-state index is 0.157.